The zero-order valence-electron chi connectivity index (χ0n) is 10.1. The van der Waals surface area contributed by atoms with Crippen LogP contribution in [0.4, 0.5) is 4.39 Å². The van der Waals surface area contributed by atoms with Gasteiger partial charge >= 0.3 is 0 Å². The lowest BCUT2D eigenvalue weighted by Crippen LogP contribution is -2.35. The molecular weight excluding hydrogens is 225 g/mol. The maximum absolute atomic E-state index is 13.6. The van der Waals surface area contributed by atoms with Crippen LogP contribution in [0.5, 0.6) is 0 Å². The zero-order valence-corrected chi connectivity index (χ0v) is 10.8. The second kappa shape index (κ2) is 5.15. The highest BCUT2D eigenvalue weighted by Crippen LogP contribution is 2.31. The van der Waals surface area contributed by atoms with Gasteiger partial charge in [0.05, 0.1) is 0 Å². The highest BCUT2D eigenvalue weighted by molar-refractivity contribution is 6.30. The van der Waals surface area contributed by atoms with Gasteiger partial charge in [-0.25, -0.2) is 4.39 Å². The minimum absolute atomic E-state index is 0.0917. The van der Waals surface area contributed by atoms with Crippen molar-refractivity contribution in [2.45, 2.75) is 27.2 Å². The van der Waals surface area contributed by atoms with Crippen molar-refractivity contribution in [3.63, 3.8) is 0 Å². The van der Waals surface area contributed by atoms with E-state index in [1.165, 1.54) is 6.07 Å². The van der Waals surface area contributed by atoms with E-state index in [9.17, 15) is 4.39 Å². The average molecular weight is 244 g/mol. The number of hydrogen-bond acceptors (Lipinski definition) is 1. The number of hydrogen-bond donors (Lipinski definition) is 1. The van der Waals surface area contributed by atoms with Gasteiger partial charge in [0.15, 0.2) is 0 Å². The molecule has 0 aromatic heterocycles. The lowest BCUT2D eigenvalue weighted by Gasteiger charge is -2.32. The van der Waals surface area contributed by atoms with Crippen molar-refractivity contribution in [3.05, 3.63) is 34.6 Å². The van der Waals surface area contributed by atoms with Gasteiger partial charge in [-0.15, -0.1) is 0 Å². The summed E-state index contributed by atoms with van der Waals surface area (Å²) in [6.07, 6.45) is 0.619. The lowest BCUT2D eigenvalue weighted by molar-refractivity contribution is 0.225. The van der Waals surface area contributed by atoms with Crippen LogP contribution in [-0.4, -0.2) is 6.54 Å². The van der Waals surface area contributed by atoms with Gasteiger partial charge in [0.25, 0.3) is 0 Å². The van der Waals surface area contributed by atoms with Crippen LogP contribution in [0.15, 0.2) is 18.2 Å². The summed E-state index contributed by atoms with van der Waals surface area (Å²) >= 11 is 5.87. The Balaban J connectivity index is 2.98. The Kier molecular flexibility index (Phi) is 4.34. The second-order valence-electron chi connectivity index (χ2n) is 4.93. The third-order valence-electron chi connectivity index (χ3n) is 3.46. The molecule has 0 spiro atoms. The summed E-state index contributed by atoms with van der Waals surface area (Å²) in [6.45, 7) is 6.83. The number of rotatable bonds is 4. The fraction of sp³-hybridized carbons (Fsp3) is 0.538. The quantitative estimate of drug-likeness (QED) is 0.859. The van der Waals surface area contributed by atoms with E-state index in [4.69, 9.17) is 17.3 Å². The molecule has 0 saturated heterocycles. The minimum Gasteiger partial charge on any atom is -0.330 e. The van der Waals surface area contributed by atoms with Crippen molar-refractivity contribution in [1.29, 1.82) is 0 Å². The van der Waals surface area contributed by atoms with Crippen LogP contribution < -0.4 is 5.73 Å². The molecule has 0 fully saturated rings. The summed E-state index contributed by atoms with van der Waals surface area (Å²) in [7, 11) is 0. The molecule has 1 atom stereocenters. The summed E-state index contributed by atoms with van der Waals surface area (Å²) in [6, 6.07) is 4.66. The molecule has 0 aliphatic rings. The maximum Gasteiger partial charge on any atom is 0.126 e. The van der Waals surface area contributed by atoms with Crippen LogP contribution in [0.1, 0.15) is 26.3 Å². The zero-order chi connectivity index (χ0) is 12.3. The van der Waals surface area contributed by atoms with Crippen molar-refractivity contribution in [3.8, 4) is 0 Å². The first-order valence-electron chi connectivity index (χ1n) is 5.53. The van der Waals surface area contributed by atoms with E-state index in [2.05, 4.69) is 20.8 Å². The molecule has 0 saturated carbocycles. The highest BCUT2D eigenvalue weighted by Gasteiger charge is 2.28. The van der Waals surface area contributed by atoms with Gasteiger partial charge in [-0.1, -0.05) is 32.4 Å². The van der Waals surface area contributed by atoms with Gasteiger partial charge in [-0.3, -0.25) is 0 Å². The summed E-state index contributed by atoms with van der Waals surface area (Å²) < 4.78 is 13.6. The van der Waals surface area contributed by atoms with Gasteiger partial charge < -0.3 is 5.73 Å². The van der Waals surface area contributed by atoms with Crippen LogP contribution in [0, 0.1) is 17.2 Å². The molecule has 1 unspecified atom stereocenters. The van der Waals surface area contributed by atoms with Crippen LogP contribution >= 0.6 is 11.6 Å². The van der Waals surface area contributed by atoms with Crippen LogP contribution in [0.2, 0.25) is 5.02 Å². The third-order valence-corrected chi connectivity index (χ3v) is 3.70. The molecule has 0 aliphatic carbocycles. The normalized spacial score (nSPS) is 15.2. The van der Waals surface area contributed by atoms with E-state index in [0.29, 0.717) is 29.5 Å². The fourth-order valence-corrected chi connectivity index (χ4v) is 1.82. The van der Waals surface area contributed by atoms with Gasteiger partial charge in [-0.2, -0.15) is 0 Å². The van der Waals surface area contributed by atoms with E-state index in [1.54, 1.807) is 12.1 Å². The van der Waals surface area contributed by atoms with Crippen molar-refractivity contribution < 1.29 is 4.39 Å². The summed E-state index contributed by atoms with van der Waals surface area (Å²) in [5, 5.41) is 0.569. The van der Waals surface area contributed by atoms with Crippen molar-refractivity contribution in [2.75, 3.05) is 6.54 Å². The summed E-state index contributed by atoms with van der Waals surface area (Å²) in [4.78, 5) is 0. The van der Waals surface area contributed by atoms with Crippen molar-refractivity contribution in [2.24, 2.45) is 17.1 Å². The van der Waals surface area contributed by atoms with Gasteiger partial charge in [0, 0.05) is 5.02 Å². The predicted octanol–water partition coefficient (Wildman–Crippen LogP) is 3.64. The van der Waals surface area contributed by atoms with E-state index in [1.807, 2.05) is 0 Å². The van der Waals surface area contributed by atoms with Crippen LogP contribution in [0.25, 0.3) is 0 Å². The van der Waals surface area contributed by atoms with Gasteiger partial charge in [0.1, 0.15) is 5.82 Å². The molecule has 1 rings (SSSR count). The molecule has 0 bridgehead atoms. The Morgan fingerprint density at radius 2 is 2.06 bits per heavy atom. The van der Waals surface area contributed by atoms with E-state index >= 15 is 0 Å². The summed E-state index contributed by atoms with van der Waals surface area (Å²) in [5.74, 6) is 0.195. The molecule has 90 valence electrons. The molecule has 0 aliphatic heterocycles. The Hall–Kier alpha value is -0.600. The maximum atomic E-state index is 13.6. The van der Waals surface area contributed by atoms with Crippen molar-refractivity contribution >= 4 is 11.6 Å². The minimum atomic E-state index is -0.204. The van der Waals surface area contributed by atoms with E-state index < -0.39 is 0 Å². The first-order chi connectivity index (χ1) is 7.39. The topological polar surface area (TPSA) is 26.0 Å². The average Bonchev–Trinajstić information content (AvgIpc) is 2.23. The van der Waals surface area contributed by atoms with E-state index in [0.717, 1.165) is 0 Å². The standard InChI is InChI=1S/C13H19ClFN/c1-9(2)13(3,8-16)7-10-6-11(14)4-5-12(10)15/h4-6,9H,7-8,16H2,1-3H3. The summed E-state index contributed by atoms with van der Waals surface area (Å²) in [5.41, 5.74) is 6.34. The highest BCUT2D eigenvalue weighted by atomic mass is 35.5. The van der Waals surface area contributed by atoms with Gasteiger partial charge in [0.2, 0.25) is 0 Å². The first kappa shape index (κ1) is 13.5. The van der Waals surface area contributed by atoms with Crippen LogP contribution in [-0.2, 0) is 6.42 Å². The monoisotopic (exact) mass is 243 g/mol. The molecule has 0 heterocycles. The smallest absolute Gasteiger partial charge is 0.126 e. The molecule has 1 aromatic rings. The Bertz CT molecular complexity index is 365. The number of benzene rings is 1. The lowest BCUT2D eigenvalue weighted by atomic mass is 9.74. The first-order valence-corrected chi connectivity index (χ1v) is 5.91. The number of nitrogens with two attached hydrogens (primary N) is 1. The molecule has 2 N–H and O–H groups in total. The predicted molar refractivity (Wildman–Crippen MR) is 67.1 cm³/mol. The molecule has 1 nitrogen and oxygen atoms in total. The molecule has 0 amide bonds. The van der Waals surface area contributed by atoms with Crippen LogP contribution in [0.3, 0.4) is 0 Å². The third kappa shape index (κ3) is 2.96. The Morgan fingerprint density at radius 1 is 1.44 bits per heavy atom. The molecular formula is C13H19ClFN. The Morgan fingerprint density at radius 3 is 2.56 bits per heavy atom. The molecule has 3 heteroatoms. The van der Waals surface area contributed by atoms with Crippen molar-refractivity contribution in [1.82, 2.24) is 0 Å². The molecule has 16 heavy (non-hydrogen) atoms. The second-order valence-corrected chi connectivity index (χ2v) is 5.36. The fourth-order valence-electron chi connectivity index (χ4n) is 1.63. The molecule has 1 aromatic carbocycles. The molecule has 0 radical (unpaired) electrons. The SMILES string of the molecule is CC(C)C(C)(CN)Cc1cc(Cl)ccc1F. The van der Waals surface area contributed by atoms with Gasteiger partial charge in [-0.05, 0) is 48.1 Å². The van der Waals surface area contributed by atoms with E-state index in [-0.39, 0.29) is 11.2 Å². The number of halogens is 2. The largest absolute Gasteiger partial charge is 0.330 e. The Labute approximate surface area is 102 Å².